The Labute approximate surface area is 159 Å². The van der Waals surface area contributed by atoms with Crippen LogP contribution in [0.2, 0.25) is 0 Å². The van der Waals surface area contributed by atoms with Crippen LogP contribution in [0.3, 0.4) is 0 Å². The van der Waals surface area contributed by atoms with Gasteiger partial charge in [-0.05, 0) is 48.3 Å². The van der Waals surface area contributed by atoms with E-state index in [0.29, 0.717) is 5.92 Å². The highest BCUT2D eigenvalue weighted by Crippen LogP contribution is 2.52. The zero-order chi connectivity index (χ0) is 18.7. The van der Waals surface area contributed by atoms with Gasteiger partial charge in [0.15, 0.2) is 0 Å². The molecule has 1 aliphatic carbocycles. The van der Waals surface area contributed by atoms with Gasteiger partial charge >= 0.3 is 0 Å². The molecule has 1 aromatic heterocycles. The molecule has 0 spiro atoms. The average molecular weight is 358 g/mol. The first kappa shape index (κ1) is 19.4. The van der Waals surface area contributed by atoms with E-state index in [-0.39, 0.29) is 5.41 Å². The van der Waals surface area contributed by atoms with Crippen LogP contribution in [0, 0.1) is 11.3 Å². The Morgan fingerprint density at radius 3 is 2.65 bits per heavy atom. The van der Waals surface area contributed by atoms with Crippen LogP contribution in [0.5, 0.6) is 0 Å². The Kier molecular flexibility index (Phi) is 6.03. The molecule has 1 saturated heterocycles. The molecule has 0 unspecified atom stereocenters. The van der Waals surface area contributed by atoms with Gasteiger partial charge in [-0.15, -0.1) is 0 Å². The second-order valence-electron chi connectivity index (χ2n) is 8.56. The van der Waals surface area contributed by atoms with Gasteiger partial charge in [-0.1, -0.05) is 34.3 Å². The molecular formula is C22H35N3O. The predicted molar refractivity (Wildman–Crippen MR) is 108 cm³/mol. The van der Waals surface area contributed by atoms with Crippen molar-refractivity contribution in [3.8, 4) is 0 Å². The highest BCUT2D eigenvalue weighted by atomic mass is 16.5. The van der Waals surface area contributed by atoms with E-state index in [9.17, 15) is 0 Å². The van der Waals surface area contributed by atoms with Gasteiger partial charge in [0.2, 0.25) is 0 Å². The minimum Gasteiger partial charge on any atom is -0.379 e. The largest absolute Gasteiger partial charge is 0.379 e. The second kappa shape index (κ2) is 8.10. The highest BCUT2D eigenvalue weighted by Gasteiger charge is 2.42. The lowest BCUT2D eigenvalue weighted by Gasteiger charge is -2.47. The van der Waals surface area contributed by atoms with E-state index in [1.807, 2.05) is 0 Å². The first-order valence-electron chi connectivity index (χ1n) is 10.2. The maximum atomic E-state index is 5.49. The fourth-order valence-corrected chi connectivity index (χ4v) is 4.54. The van der Waals surface area contributed by atoms with E-state index in [2.05, 4.69) is 56.8 Å². The van der Waals surface area contributed by atoms with Crippen molar-refractivity contribution in [2.75, 3.05) is 31.6 Å². The molecule has 0 amide bonds. The van der Waals surface area contributed by atoms with Gasteiger partial charge in [0.1, 0.15) is 5.82 Å². The number of anilines is 1. The third-order valence-electron chi connectivity index (χ3n) is 6.22. The molecule has 26 heavy (non-hydrogen) atoms. The molecule has 1 aromatic rings. The van der Waals surface area contributed by atoms with Gasteiger partial charge in [-0.3, -0.25) is 4.90 Å². The van der Waals surface area contributed by atoms with Gasteiger partial charge in [-0.2, -0.15) is 0 Å². The third kappa shape index (κ3) is 4.12. The maximum Gasteiger partial charge on any atom is 0.130 e. The van der Waals surface area contributed by atoms with Crippen LogP contribution in [-0.4, -0.2) is 36.2 Å². The molecule has 0 bridgehead atoms. The van der Waals surface area contributed by atoms with Crippen molar-refractivity contribution in [1.82, 2.24) is 9.88 Å². The summed E-state index contributed by atoms with van der Waals surface area (Å²) in [6, 6.07) is 2.24. The van der Waals surface area contributed by atoms with Crippen LogP contribution in [0.25, 0.3) is 0 Å². The van der Waals surface area contributed by atoms with Crippen molar-refractivity contribution in [3.63, 3.8) is 0 Å². The lowest BCUT2D eigenvalue weighted by Crippen LogP contribution is -2.39. The molecule has 2 aliphatic rings. The zero-order valence-electron chi connectivity index (χ0n) is 17.0. The molecule has 2 fully saturated rings. The predicted octanol–water partition coefficient (Wildman–Crippen LogP) is 4.79. The topological polar surface area (TPSA) is 37.4 Å². The number of nitrogens with zero attached hydrogens (tertiary/aromatic N) is 2. The summed E-state index contributed by atoms with van der Waals surface area (Å²) in [4.78, 5) is 7.18. The third-order valence-corrected chi connectivity index (χ3v) is 6.22. The van der Waals surface area contributed by atoms with Gasteiger partial charge in [-0.25, -0.2) is 4.98 Å². The van der Waals surface area contributed by atoms with E-state index < -0.39 is 0 Å². The van der Waals surface area contributed by atoms with Crippen LogP contribution in [0.4, 0.5) is 5.82 Å². The summed E-state index contributed by atoms with van der Waals surface area (Å²) < 4.78 is 5.49. The molecule has 4 nitrogen and oxygen atoms in total. The summed E-state index contributed by atoms with van der Waals surface area (Å²) in [6.45, 7) is 18.1. The fraction of sp³-hybridized carbons (Fsp3) is 0.682. The van der Waals surface area contributed by atoms with Crippen molar-refractivity contribution in [2.24, 2.45) is 11.3 Å². The lowest BCUT2D eigenvalue weighted by atomic mass is 9.59. The van der Waals surface area contributed by atoms with Crippen molar-refractivity contribution in [3.05, 3.63) is 35.7 Å². The lowest BCUT2D eigenvalue weighted by molar-refractivity contribution is 0.0340. The fourth-order valence-electron chi connectivity index (χ4n) is 4.54. The van der Waals surface area contributed by atoms with E-state index in [1.54, 1.807) is 0 Å². The average Bonchev–Trinajstić information content (AvgIpc) is 2.59. The summed E-state index contributed by atoms with van der Waals surface area (Å²) in [5.41, 5.74) is 4.11. The molecule has 1 saturated carbocycles. The van der Waals surface area contributed by atoms with Gasteiger partial charge in [0.05, 0.1) is 13.2 Å². The van der Waals surface area contributed by atoms with Crippen LogP contribution >= 0.6 is 0 Å². The van der Waals surface area contributed by atoms with Crippen molar-refractivity contribution < 1.29 is 4.74 Å². The summed E-state index contributed by atoms with van der Waals surface area (Å²) in [7, 11) is 0. The van der Waals surface area contributed by atoms with Crippen LogP contribution in [0.15, 0.2) is 24.5 Å². The molecule has 2 heterocycles. The van der Waals surface area contributed by atoms with Crippen molar-refractivity contribution in [1.29, 1.82) is 0 Å². The van der Waals surface area contributed by atoms with Gasteiger partial charge < -0.3 is 10.1 Å². The molecule has 1 aliphatic heterocycles. The summed E-state index contributed by atoms with van der Waals surface area (Å²) in [5.74, 6) is 2.22. The number of morpholine rings is 1. The molecule has 144 valence electrons. The molecule has 4 heteroatoms. The molecule has 0 atom stereocenters. The first-order valence-corrected chi connectivity index (χ1v) is 10.2. The number of rotatable bonds is 7. The maximum absolute atomic E-state index is 5.49. The molecular weight excluding hydrogens is 322 g/mol. The normalized spacial score (nSPS) is 26.6. The number of aromatic nitrogens is 1. The van der Waals surface area contributed by atoms with E-state index in [0.717, 1.165) is 56.7 Å². The Morgan fingerprint density at radius 1 is 1.38 bits per heavy atom. The number of hydrogen-bond acceptors (Lipinski definition) is 4. The number of nitrogens with one attached hydrogen (secondary N) is 1. The molecule has 0 aromatic carbocycles. The Balaban J connectivity index is 1.75. The summed E-state index contributed by atoms with van der Waals surface area (Å²) >= 11 is 0. The minimum absolute atomic E-state index is 0.252. The Hall–Kier alpha value is -1.39. The number of allylic oxidation sites excluding steroid dienone is 1. The van der Waals surface area contributed by atoms with E-state index >= 15 is 0 Å². The van der Waals surface area contributed by atoms with Gasteiger partial charge in [0, 0.05) is 36.9 Å². The molecule has 3 rings (SSSR count). The monoisotopic (exact) mass is 357 g/mol. The highest BCUT2D eigenvalue weighted by molar-refractivity contribution is 5.47. The van der Waals surface area contributed by atoms with Crippen LogP contribution in [-0.2, 0) is 11.3 Å². The van der Waals surface area contributed by atoms with Crippen molar-refractivity contribution in [2.45, 2.75) is 59.4 Å². The smallest absolute Gasteiger partial charge is 0.130 e. The number of pyridine rings is 1. The minimum atomic E-state index is 0.252. The Morgan fingerprint density at radius 2 is 2.08 bits per heavy atom. The van der Waals surface area contributed by atoms with Crippen LogP contribution in [0.1, 0.15) is 64.0 Å². The SMILES string of the molecule is C=C(Nc1cc(CN2CCOCC2)c(C(C)C)cn1)C1(CC)CC(C)C1. The first-order chi connectivity index (χ1) is 12.4. The standard InChI is InChI=1S/C22H35N3O/c1-6-22(12-17(4)13-22)18(5)24-21-11-19(20(14-23-21)16(2)3)15-25-7-9-26-10-8-25/h11,14,16-17H,5-10,12-13,15H2,1-4H3,(H,23,24). The zero-order valence-corrected chi connectivity index (χ0v) is 17.0. The number of ether oxygens (including phenoxy) is 1. The summed E-state index contributed by atoms with van der Waals surface area (Å²) in [6.07, 6.45) is 5.67. The second-order valence-corrected chi connectivity index (χ2v) is 8.56. The Bertz CT molecular complexity index is 628. The van der Waals surface area contributed by atoms with E-state index in [1.165, 1.54) is 24.0 Å². The van der Waals surface area contributed by atoms with Gasteiger partial charge in [0.25, 0.3) is 0 Å². The molecule has 1 N–H and O–H groups in total. The van der Waals surface area contributed by atoms with Crippen LogP contribution < -0.4 is 5.32 Å². The quantitative estimate of drug-likeness (QED) is 0.761. The molecule has 0 radical (unpaired) electrons. The number of hydrogen-bond donors (Lipinski definition) is 1. The van der Waals surface area contributed by atoms with E-state index in [4.69, 9.17) is 9.72 Å². The van der Waals surface area contributed by atoms with Crippen molar-refractivity contribution >= 4 is 5.82 Å². The summed E-state index contributed by atoms with van der Waals surface area (Å²) in [5, 5.41) is 3.55.